The van der Waals surface area contributed by atoms with E-state index in [9.17, 15) is 14.7 Å². The molecule has 6 nitrogen and oxygen atoms in total. The first-order valence-corrected chi connectivity index (χ1v) is 7.20. The maximum Gasteiger partial charge on any atom is 0.270 e. The van der Waals surface area contributed by atoms with Crippen LogP contribution in [-0.4, -0.2) is 33.0 Å². The van der Waals surface area contributed by atoms with Crippen LogP contribution in [0.2, 0.25) is 0 Å². The molecule has 1 unspecified atom stereocenters. The number of pyridine rings is 1. The molecule has 6 heteroatoms. The van der Waals surface area contributed by atoms with Gasteiger partial charge in [-0.05, 0) is 24.0 Å². The van der Waals surface area contributed by atoms with Crippen molar-refractivity contribution in [2.75, 3.05) is 6.61 Å². The molecule has 1 atom stereocenters. The largest absolute Gasteiger partial charge is 0.394 e. The van der Waals surface area contributed by atoms with Crippen molar-refractivity contribution in [3.63, 3.8) is 0 Å². The molecule has 2 heterocycles. The summed E-state index contributed by atoms with van der Waals surface area (Å²) in [5, 5.41) is 12.1. The number of nitrogens with one attached hydrogen (secondary N) is 1. The maximum atomic E-state index is 12.3. The van der Waals surface area contributed by atoms with Gasteiger partial charge in [0.15, 0.2) is 0 Å². The normalized spacial score (nSPS) is 13.1. The predicted molar refractivity (Wildman–Crippen MR) is 83.9 cm³/mol. The third kappa shape index (κ3) is 3.71. The van der Waals surface area contributed by atoms with E-state index in [2.05, 4.69) is 10.3 Å². The standard InChI is InChI=1S/C16H21N3O3/c1-16(2,3)8-11(10-20)18-14(21)12-9-17-13-6-4-5-7-19(13)15(12)22/h4-7,9,11,20H,8,10H2,1-3H3,(H,18,21). The van der Waals surface area contributed by atoms with Gasteiger partial charge in [-0.25, -0.2) is 4.98 Å². The van der Waals surface area contributed by atoms with Crippen molar-refractivity contribution in [3.05, 3.63) is 46.5 Å². The summed E-state index contributed by atoms with van der Waals surface area (Å²) < 4.78 is 1.33. The number of hydrogen-bond acceptors (Lipinski definition) is 4. The molecule has 0 saturated carbocycles. The molecule has 2 rings (SSSR count). The SMILES string of the molecule is CC(C)(C)CC(CO)NC(=O)c1cnc2ccccn2c1=O. The molecule has 0 aliphatic heterocycles. The molecule has 0 spiro atoms. The lowest BCUT2D eigenvalue weighted by atomic mass is 9.88. The first-order valence-electron chi connectivity index (χ1n) is 7.20. The number of amides is 1. The van der Waals surface area contributed by atoms with Crippen molar-refractivity contribution in [2.24, 2.45) is 5.41 Å². The molecule has 2 aromatic rings. The van der Waals surface area contributed by atoms with Gasteiger partial charge in [0.05, 0.1) is 12.6 Å². The third-order valence-electron chi connectivity index (χ3n) is 3.27. The first-order chi connectivity index (χ1) is 10.3. The Kier molecular flexibility index (Phi) is 4.61. The summed E-state index contributed by atoms with van der Waals surface area (Å²) in [6.07, 6.45) is 3.45. The second kappa shape index (κ2) is 6.27. The minimum absolute atomic E-state index is 0.0314. The van der Waals surface area contributed by atoms with Crippen molar-refractivity contribution in [3.8, 4) is 0 Å². The Hall–Kier alpha value is -2.21. The van der Waals surface area contributed by atoms with Gasteiger partial charge >= 0.3 is 0 Å². The Morgan fingerprint density at radius 1 is 1.41 bits per heavy atom. The van der Waals surface area contributed by atoms with Crippen LogP contribution >= 0.6 is 0 Å². The quantitative estimate of drug-likeness (QED) is 0.889. The number of aromatic nitrogens is 2. The Bertz CT molecular complexity index is 731. The van der Waals surface area contributed by atoms with Crippen molar-refractivity contribution in [1.29, 1.82) is 0 Å². The number of rotatable bonds is 4. The van der Waals surface area contributed by atoms with Crippen molar-refractivity contribution >= 4 is 11.6 Å². The molecular formula is C16H21N3O3. The number of hydrogen-bond donors (Lipinski definition) is 2. The molecule has 0 bridgehead atoms. The van der Waals surface area contributed by atoms with Gasteiger partial charge in [0.2, 0.25) is 0 Å². The lowest BCUT2D eigenvalue weighted by Crippen LogP contribution is -2.42. The molecule has 22 heavy (non-hydrogen) atoms. The summed E-state index contributed by atoms with van der Waals surface area (Å²) in [4.78, 5) is 28.7. The van der Waals surface area contributed by atoms with Gasteiger partial charge in [0.25, 0.3) is 11.5 Å². The van der Waals surface area contributed by atoms with Crippen LogP contribution in [0.25, 0.3) is 5.65 Å². The van der Waals surface area contributed by atoms with E-state index < -0.39 is 17.5 Å². The summed E-state index contributed by atoms with van der Waals surface area (Å²) in [6.45, 7) is 5.89. The number of aliphatic hydroxyl groups excluding tert-OH is 1. The maximum absolute atomic E-state index is 12.3. The predicted octanol–water partition coefficient (Wildman–Crippen LogP) is 1.22. The molecular weight excluding hydrogens is 282 g/mol. The minimum Gasteiger partial charge on any atom is -0.394 e. The van der Waals surface area contributed by atoms with Crippen LogP contribution in [0.3, 0.4) is 0 Å². The molecule has 2 aromatic heterocycles. The van der Waals surface area contributed by atoms with E-state index in [0.29, 0.717) is 12.1 Å². The fraction of sp³-hybridized carbons (Fsp3) is 0.438. The molecule has 0 aromatic carbocycles. The summed E-state index contributed by atoms with van der Waals surface area (Å²) in [5.41, 5.74) is -0.0128. The zero-order valence-corrected chi connectivity index (χ0v) is 13.0. The zero-order chi connectivity index (χ0) is 16.3. The second-order valence-electron chi connectivity index (χ2n) is 6.52. The van der Waals surface area contributed by atoms with Crippen molar-refractivity contribution in [2.45, 2.75) is 33.2 Å². The molecule has 0 fully saturated rings. The summed E-state index contributed by atoms with van der Waals surface area (Å²) >= 11 is 0. The average Bonchev–Trinajstić information content (AvgIpc) is 2.45. The third-order valence-corrected chi connectivity index (χ3v) is 3.27. The number of fused-ring (bicyclic) bond motifs is 1. The fourth-order valence-electron chi connectivity index (χ4n) is 2.35. The highest BCUT2D eigenvalue weighted by atomic mass is 16.3. The van der Waals surface area contributed by atoms with Gasteiger partial charge in [-0.3, -0.25) is 14.0 Å². The fourth-order valence-corrected chi connectivity index (χ4v) is 2.35. The topological polar surface area (TPSA) is 83.7 Å². The van der Waals surface area contributed by atoms with Gasteiger partial charge in [-0.1, -0.05) is 26.8 Å². The molecule has 0 aliphatic carbocycles. The highest BCUT2D eigenvalue weighted by Gasteiger charge is 2.22. The number of nitrogens with zero attached hydrogens (tertiary/aromatic N) is 2. The molecule has 118 valence electrons. The van der Waals surface area contributed by atoms with Crippen LogP contribution in [-0.2, 0) is 0 Å². The molecule has 0 radical (unpaired) electrons. The number of aliphatic hydroxyl groups is 1. The first kappa shape index (κ1) is 16.2. The van der Waals surface area contributed by atoms with Gasteiger partial charge in [-0.2, -0.15) is 0 Å². The Labute approximate surface area is 128 Å². The lowest BCUT2D eigenvalue weighted by Gasteiger charge is -2.25. The summed E-state index contributed by atoms with van der Waals surface area (Å²) in [7, 11) is 0. The van der Waals surface area contributed by atoms with Crippen molar-refractivity contribution < 1.29 is 9.90 Å². The van der Waals surface area contributed by atoms with E-state index in [-0.39, 0.29) is 17.6 Å². The number of carbonyl (C=O) groups is 1. The van der Waals surface area contributed by atoms with E-state index in [0.717, 1.165) is 0 Å². The smallest absolute Gasteiger partial charge is 0.270 e. The van der Waals surface area contributed by atoms with Crippen LogP contribution in [0.5, 0.6) is 0 Å². The van der Waals surface area contributed by atoms with Gasteiger partial charge in [0.1, 0.15) is 11.2 Å². The molecule has 1 amide bonds. The highest BCUT2D eigenvalue weighted by molar-refractivity contribution is 5.93. The van der Waals surface area contributed by atoms with E-state index >= 15 is 0 Å². The van der Waals surface area contributed by atoms with Crippen LogP contribution in [0.4, 0.5) is 0 Å². The summed E-state index contributed by atoms with van der Waals surface area (Å²) in [6, 6.07) is 4.77. The number of carbonyl (C=O) groups excluding carboxylic acids is 1. The van der Waals surface area contributed by atoms with E-state index in [1.54, 1.807) is 24.4 Å². The monoisotopic (exact) mass is 303 g/mol. The Balaban J connectivity index is 2.26. The van der Waals surface area contributed by atoms with Crippen LogP contribution < -0.4 is 10.9 Å². The van der Waals surface area contributed by atoms with Gasteiger partial charge < -0.3 is 10.4 Å². The van der Waals surface area contributed by atoms with Crippen LogP contribution in [0, 0.1) is 5.41 Å². The van der Waals surface area contributed by atoms with E-state index in [1.807, 2.05) is 20.8 Å². The average molecular weight is 303 g/mol. The van der Waals surface area contributed by atoms with E-state index in [1.165, 1.54) is 10.6 Å². The van der Waals surface area contributed by atoms with Crippen LogP contribution in [0.15, 0.2) is 35.4 Å². The zero-order valence-electron chi connectivity index (χ0n) is 13.0. The molecule has 0 saturated heterocycles. The molecule has 0 aliphatic rings. The highest BCUT2D eigenvalue weighted by Crippen LogP contribution is 2.20. The van der Waals surface area contributed by atoms with Crippen molar-refractivity contribution in [1.82, 2.24) is 14.7 Å². The van der Waals surface area contributed by atoms with Gasteiger partial charge in [0, 0.05) is 12.4 Å². The second-order valence-corrected chi connectivity index (χ2v) is 6.52. The van der Waals surface area contributed by atoms with Crippen LogP contribution in [0.1, 0.15) is 37.6 Å². The molecule has 2 N–H and O–H groups in total. The summed E-state index contributed by atoms with van der Waals surface area (Å²) in [5.74, 6) is -0.515. The lowest BCUT2D eigenvalue weighted by molar-refractivity contribution is 0.0895. The Morgan fingerprint density at radius 2 is 2.14 bits per heavy atom. The Morgan fingerprint density at radius 3 is 2.77 bits per heavy atom. The van der Waals surface area contributed by atoms with E-state index in [4.69, 9.17) is 0 Å². The minimum atomic E-state index is -0.515. The van der Waals surface area contributed by atoms with Gasteiger partial charge in [-0.15, -0.1) is 0 Å².